The molecule has 4 rings (SSSR count). The van der Waals surface area contributed by atoms with E-state index in [0.29, 0.717) is 23.0 Å². The van der Waals surface area contributed by atoms with Crippen LogP contribution in [0.3, 0.4) is 0 Å². The number of nitrogens with one attached hydrogen (secondary N) is 1. The second-order valence-electron chi connectivity index (χ2n) is 5.87. The van der Waals surface area contributed by atoms with E-state index in [2.05, 4.69) is 10.5 Å². The van der Waals surface area contributed by atoms with E-state index < -0.39 is 0 Å². The van der Waals surface area contributed by atoms with Gasteiger partial charge >= 0.3 is 0 Å². The highest BCUT2D eigenvalue weighted by atomic mass is 19.1. The van der Waals surface area contributed by atoms with Crippen LogP contribution in [0.15, 0.2) is 64.1 Å². The molecule has 7 heteroatoms. The zero-order chi connectivity index (χ0) is 18.6. The molecule has 0 saturated heterocycles. The number of hydrogen-bond acceptors (Lipinski definition) is 5. The first-order valence-corrected chi connectivity index (χ1v) is 8.23. The summed E-state index contributed by atoms with van der Waals surface area (Å²) in [6.45, 7) is 0.193. The minimum Gasteiger partial charge on any atom is -0.455 e. The molecular weight excluding hydrogens is 351 g/mol. The van der Waals surface area contributed by atoms with E-state index in [-0.39, 0.29) is 24.9 Å². The lowest BCUT2D eigenvalue weighted by molar-refractivity contribution is -0.120. The lowest BCUT2D eigenvalue weighted by atomic mass is 10.1. The van der Waals surface area contributed by atoms with E-state index in [0.717, 1.165) is 11.1 Å². The molecule has 27 heavy (non-hydrogen) atoms. The number of amides is 1. The number of hydrazone groups is 1. The van der Waals surface area contributed by atoms with Gasteiger partial charge in [-0.3, -0.25) is 4.79 Å². The Hall–Kier alpha value is -3.61. The van der Waals surface area contributed by atoms with E-state index >= 15 is 0 Å². The number of rotatable bonds is 5. The molecule has 1 aromatic heterocycles. The fraction of sp³-hybridized carbons (Fsp3) is 0.100. The van der Waals surface area contributed by atoms with E-state index in [1.807, 2.05) is 0 Å². The minimum absolute atomic E-state index is 0.160. The number of halogens is 1. The van der Waals surface area contributed by atoms with Crippen molar-refractivity contribution in [2.45, 2.75) is 6.42 Å². The van der Waals surface area contributed by atoms with Gasteiger partial charge in [-0.2, -0.15) is 5.10 Å². The number of fused-ring (bicyclic) bond motifs is 1. The molecule has 1 amide bonds. The number of benzene rings is 2. The highest BCUT2D eigenvalue weighted by Crippen LogP contribution is 2.32. The fourth-order valence-electron chi connectivity index (χ4n) is 2.64. The topological polar surface area (TPSA) is 73.1 Å². The van der Waals surface area contributed by atoms with Crippen molar-refractivity contribution >= 4 is 12.1 Å². The quantitative estimate of drug-likeness (QED) is 0.554. The van der Waals surface area contributed by atoms with Crippen LogP contribution in [-0.2, 0) is 11.2 Å². The van der Waals surface area contributed by atoms with Crippen molar-refractivity contribution in [1.29, 1.82) is 0 Å². The van der Waals surface area contributed by atoms with E-state index in [1.165, 1.54) is 18.3 Å². The van der Waals surface area contributed by atoms with Gasteiger partial charge in [0.2, 0.25) is 12.7 Å². The molecule has 0 radical (unpaired) electrons. The molecule has 1 N–H and O–H groups in total. The van der Waals surface area contributed by atoms with Gasteiger partial charge < -0.3 is 13.9 Å². The van der Waals surface area contributed by atoms with E-state index in [9.17, 15) is 9.18 Å². The Morgan fingerprint density at radius 3 is 2.74 bits per heavy atom. The number of hydrogen-bond donors (Lipinski definition) is 1. The summed E-state index contributed by atoms with van der Waals surface area (Å²) in [5.41, 5.74) is 4.00. The molecule has 0 unspecified atom stereocenters. The predicted octanol–water partition coefficient (Wildman–Crippen LogP) is 3.51. The van der Waals surface area contributed by atoms with Gasteiger partial charge in [0.05, 0.1) is 12.6 Å². The van der Waals surface area contributed by atoms with Crippen molar-refractivity contribution in [3.05, 3.63) is 71.7 Å². The van der Waals surface area contributed by atoms with Crippen LogP contribution >= 0.6 is 0 Å². The average Bonchev–Trinajstić information content (AvgIpc) is 3.31. The van der Waals surface area contributed by atoms with Gasteiger partial charge in [-0.15, -0.1) is 0 Å². The standard InChI is InChI=1S/C20H15FN2O4/c21-15-4-2-14(3-5-15)17-8-6-16(27-17)11-22-23-20(24)10-13-1-7-18-19(9-13)26-12-25-18/h1-9,11H,10,12H2,(H,23,24)/b22-11-. The Balaban J connectivity index is 1.34. The third-order valence-corrected chi connectivity index (χ3v) is 3.94. The fourth-order valence-corrected chi connectivity index (χ4v) is 2.64. The van der Waals surface area contributed by atoms with Crippen molar-refractivity contribution < 1.29 is 23.1 Å². The number of nitrogens with zero attached hydrogens (tertiary/aromatic N) is 1. The zero-order valence-electron chi connectivity index (χ0n) is 14.1. The van der Waals surface area contributed by atoms with Crippen LogP contribution in [0.25, 0.3) is 11.3 Å². The van der Waals surface area contributed by atoms with Crippen LogP contribution in [0.1, 0.15) is 11.3 Å². The Kier molecular flexibility index (Phi) is 4.57. The molecule has 0 saturated carbocycles. The molecule has 0 spiro atoms. The lowest BCUT2D eigenvalue weighted by Gasteiger charge is -2.02. The summed E-state index contributed by atoms with van der Waals surface area (Å²) in [6, 6.07) is 14.8. The monoisotopic (exact) mass is 366 g/mol. The smallest absolute Gasteiger partial charge is 0.244 e. The zero-order valence-corrected chi connectivity index (χ0v) is 14.1. The van der Waals surface area contributed by atoms with Gasteiger partial charge in [-0.05, 0) is 54.1 Å². The third kappa shape index (κ3) is 3.98. The maximum Gasteiger partial charge on any atom is 0.244 e. The summed E-state index contributed by atoms with van der Waals surface area (Å²) in [6.07, 6.45) is 1.57. The molecule has 0 aliphatic carbocycles. The first-order valence-electron chi connectivity index (χ1n) is 8.23. The molecule has 1 aliphatic rings. The Bertz CT molecular complexity index is 995. The number of carbonyl (C=O) groups excluding carboxylic acids is 1. The minimum atomic E-state index is -0.308. The predicted molar refractivity (Wildman–Crippen MR) is 96.1 cm³/mol. The molecule has 1 aliphatic heterocycles. The van der Waals surface area contributed by atoms with E-state index in [4.69, 9.17) is 13.9 Å². The molecule has 2 aromatic carbocycles. The molecule has 0 bridgehead atoms. The largest absolute Gasteiger partial charge is 0.455 e. The average molecular weight is 366 g/mol. The first kappa shape index (κ1) is 16.8. The van der Waals surface area contributed by atoms with Crippen molar-refractivity contribution in [2.24, 2.45) is 5.10 Å². The summed E-state index contributed by atoms with van der Waals surface area (Å²) >= 11 is 0. The van der Waals surface area contributed by atoms with Crippen molar-refractivity contribution in [3.8, 4) is 22.8 Å². The second-order valence-corrected chi connectivity index (χ2v) is 5.87. The molecule has 3 aromatic rings. The summed E-state index contributed by atoms with van der Waals surface area (Å²) in [7, 11) is 0. The van der Waals surface area contributed by atoms with Crippen molar-refractivity contribution in [2.75, 3.05) is 6.79 Å². The first-order chi connectivity index (χ1) is 13.2. The molecular formula is C20H15FN2O4. The van der Waals surface area contributed by atoms with Crippen LogP contribution in [0.2, 0.25) is 0 Å². The Labute approximate surface area is 154 Å². The van der Waals surface area contributed by atoms with Gasteiger partial charge in [0.25, 0.3) is 0 Å². The highest BCUT2D eigenvalue weighted by Gasteiger charge is 2.14. The Morgan fingerprint density at radius 1 is 1.07 bits per heavy atom. The SMILES string of the molecule is O=C(Cc1ccc2c(c1)OCO2)N/N=C\c1ccc(-c2ccc(F)cc2)o1. The molecule has 2 heterocycles. The molecule has 0 atom stereocenters. The van der Waals surface area contributed by atoms with Crippen LogP contribution in [-0.4, -0.2) is 18.9 Å². The van der Waals surface area contributed by atoms with Gasteiger partial charge in [0.1, 0.15) is 17.3 Å². The van der Waals surface area contributed by atoms with Gasteiger partial charge in [-0.1, -0.05) is 6.07 Å². The summed E-state index contributed by atoms with van der Waals surface area (Å²) in [5, 5.41) is 3.90. The number of furan rings is 1. The number of ether oxygens (including phenoxy) is 2. The van der Waals surface area contributed by atoms with E-state index in [1.54, 1.807) is 42.5 Å². The summed E-state index contributed by atoms with van der Waals surface area (Å²) in [4.78, 5) is 12.0. The maximum absolute atomic E-state index is 13.0. The van der Waals surface area contributed by atoms with Crippen molar-refractivity contribution in [3.63, 3.8) is 0 Å². The number of carbonyl (C=O) groups is 1. The summed E-state index contributed by atoms with van der Waals surface area (Å²) < 4.78 is 29.1. The van der Waals surface area contributed by atoms with Crippen molar-refractivity contribution in [1.82, 2.24) is 5.43 Å². The molecule has 0 fully saturated rings. The lowest BCUT2D eigenvalue weighted by Crippen LogP contribution is -2.19. The highest BCUT2D eigenvalue weighted by molar-refractivity contribution is 5.82. The van der Waals surface area contributed by atoms with Gasteiger partial charge in [-0.25, -0.2) is 9.82 Å². The molecule has 136 valence electrons. The van der Waals surface area contributed by atoms with Crippen LogP contribution in [0.5, 0.6) is 11.5 Å². The third-order valence-electron chi connectivity index (χ3n) is 3.94. The normalized spacial score (nSPS) is 12.5. The summed E-state index contributed by atoms with van der Waals surface area (Å²) in [5.74, 6) is 1.79. The second kappa shape index (κ2) is 7.33. The Morgan fingerprint density at radius 2 is 1.89 bits per heavy atom. The molecule has 6 nitrogen and oxygen atoms in total. The van der Waals surface area contributed by atoms with Crippen LogP contribution < -0.4 is 14.9 Å². The van der Waals surface area contributed by atoms with Gasteiger partial charge in [0.15, 0.2) is 11.5 Å². The van der Waals surface area contributed by atoms with Crippen LogP contribution in [0, 0.1) is 5.82 Å². The van der Waals surface area contributed by atoms with Gasteiger partial charge in [0, 0.05) is 5.56 Å². The van der Waals surface area contributed by atoms with Crippen LogP contribution in [0.4, 0.5) is 4.39 Å². The maximum atomic E-state index is 13.0.